The lowest BCUT2D eigenvalue weighted by molar-refractivity contribution is -0.128. The number of hydrogen-bond donors (Lipinski definition) is 2. The maximum atomic E-state index is 12.4. The van der Waals surface area contributed by atoms with Crippen molar-refractivity contribution in [1.82, 2.24) is 5.32 Å². The SMILES string of the molecule is CCCCCNC(=O)C1CCC(C(=O)Nc2ccc(OC)cc2)CC1. The van der Waals surface area contributed by atoms with E-state index in [9.17, 15) is 9.59 Å². The van der Waals surface area contributed by atoms with E-state index in [-0.39, 0.29) is 23.7 Å². The Bertz CT molecular complexity index is 549. The van der Waals surface area contributed by atoms with Crippen molar-refractivity contribution in [3.8, 4) is 5.75 Å². The third kappa shape index (κ3) is 6.07. The van der Waals surface area contributed by atoms with Gasteiger partial charge in [0.25, 0.3) is 0 Å². The van der Waals surface area contributed by atoms with E-state index >= 15 is 0 Å². The Balaban J connectivity index is 1.73. The van der Waals surface area contributed by atoms with Gasteiger partial charge in [-0.05, 0) is 56.4 Å². The lowest BCUT2D eigenvalue weighted by Gasteiger charge is -2.27. The standard InChI is InChI=1S/C20H30N2O3/c1-3-4-5-14-21-19(23)15-6-8-16(9-7-15)20(24)22-17-10-12-18(25-2)13-11-17/h10-13,15-16H,3-9,14H2,1-2H3,(H,21,23)(H,22,24). The number of carbonyl (C=O) groups excluding carboxylic acids is 2. The molecule has 1 saturated carbocycles. The number of unbranched alkanes of at least 4 members (excludes halogenated alkanes) is 2. The van der Waals surface area contributed by atoms with E-state index in [1.165, 1.54) is 0 Å². The van der Waals surface area contributed by atoms with Crippen LogP contribution in [-0.4, -0.2) is 25.5 Å². The summed E-state index contributed by atoms with van der Waals surface area (Å²) in [6, 6.07) is 7.34. The molecule has 1 fully saturated rings. The Morgan fingerprint density at radius 1 is 1.00 bits per heavy atom. The molecule has 1 aliphatic rings. The van der Waals surface area contributed by atoms with Crippen LogP contribution in [0.5, 0.6) is 5.75 Å². The van der Waals surface area contributed by atoms with Crippen molar-refractivity contribution < 1.29 is 14.3 Å². The summed E-state index contributed by atoms with van der Waals surface area (Å²) in [6.07, 6.45) is 6.48. The molecule has 1 aromatic rings. The van der Waals surface area contributed by atoms with E-state index < -0.39 is 0 Å². The number of benzene rings is 1. The van der Waals surface area contributed by atoms with Crippen molar-refractivity contribution in [3.63, 3.8) is 0 Å². The fraction of sp³-hybridized carbons (Fsp3) is 0.600. The maximum absolute atomic E-state index is 12.4. The van der Waals surface area contributed by atoms with Crippen LogP contribution in [0.1, 0.15) is 51.9 Å². The van der Waals surface area contributed by atoms with Crippen LogP contribution < -0.4 is 15.4 Å². The molecule has 0 aromatic heterocycles. The zero-order chi connectivity index (χ0) is 18.1. The molecule has 0 unspecified atom stereocenters. The van der Waals surface area contributed by atoms with Gasteiger partial charge in [0.05, 0.1) is 7.11 Å². The molecule has 0 saturated heterocycles. The Kier molecular flexibility index (Phi) is 7.76. The molecule has 1 aromatic carbocycles. The van der Waals surface area contributed by atoms with Gasteiger partial charge in [-0.25, -0.2) is 0 Å². The number of methoxy groups -OCH3 is 1. The minimum atomic E-state index is -0.00811. The number of anilines is 1. The largest absolute Gasteiger partial charge is 0.497 e. The lowest BCUT2D eigenvalue weighted by atomic mass is 9.81. The van der Waals surface area contributed by atoms with Gasteiger partial charge < -0.3 is 15.4 Å². The lowest BCUT2D eigenvalue weighted by Crippen LogP contribution is -2.35. The summed E-state index contributed by atoms with van der Waals surface area (Å²) >= 11 is 0. The monoisotopic (exact) mass is 346 g/mol. The summed E-state index contributed by atoms with van der Waals surface area (Å²) in [5, 5.41) is 5.99. The predicted octanol–water partition coefficient (Wildman–Crippen LogP) is 3.75. The molecule has 0 radical (unpaired) electrons. The van der Waals surface area contributed by atoms with E-state index in [4.69, 9.17) is 4.74 Å². The highest BCUT2D eigenvalue weighted by molar-refractivity contribution is 5.92. The molecule has 138 valence electrons. The van der Waals surface area contributed by atoms with E-state index in [1.807, 2.05) is 24.3 Å². The van der Waals surface area contributed by atoms with Gasteiger partial charge in [0, 0.05) is 24.1 Å². The molecule has 2 N–H and O–H groups in total. The van der Waals surface area contributed by atoms with Crippen molar-refractivity contribution in [2.75, 3.05) is 19.0 Å². The molecule has 0 bridgehead atoms. The third-order valence-electron chi connectivity index (χ3n) is 4.91. The summed E-state index contributed by atoms with van der Waals surface area (Å²) in [7, 11) is 1.62. The minimum Gasteiger partial charge on any atom is -0.497 e. The summed E-state index contributed by atoms with van der Waals surface area (Å²) in [5.41, 5.74) is 0.779. The van der Waals surface area contributed by atoms with Crippen LogP contribution in [0.3, 0.4) is 0 Å². The molecule has 0 spiro atoms. The molecule has 5 nitrogen and oxygen atoms in total. The molecular weight excluding hydrogens is 316 g/mol. The molecular formula is C20H30N2O3. The molecule has 1 aliphatic carbocycles. The van der Waals surface area contributed by atoms with Crippen molar-refractivity contribution in [3.05, 3.63) is 24.3 Å². The first kappa shape index (κ1) is 19.3. The fourth-order valence-electron chi connectivity index (χ4n) is 3.27. The molecule has 0 heterocycles. The number of amides is 2. The normalized spacial score (nSPS) is 19.9. The Morgan fingerprint density at radius 2 is 1.60 bits per heavy atom. The summed E-state index contributed by atoms with van der Waals surface area (Å²) in [5.74, 6) is 1.03. The molecule has 0 atom stereocenters. The fourth-order valence-corrected chi connectivity index (χ4v) is 3.27. The highest BCUT2D eigenvalue weighted by atomic mass is 16.5. The van der Waals surface area contributed by atoms with Gasteiger partial charge in [-0.2, -0.15) is 0 Å². The average molecular weight is 346 g/mol. The number of rotatable bonds is 8. The van der Waals surface area contributed by atoms with Crippen molar-refractivity contribution in [1.29, 1.82) is 0 Å². The van der Waals surface area contributed by atoms with E-state index in [1.54, 1.807) is 7.11 Å². The van der Waals surface area contributed by atoms with Gasteiger partial charge in [0.1, 0.15) is 5.75 Å². The third-order valence-corrected chi connectivity index (χ3v) is 4.91. The van der Waals surface area contributed by atoms with E-state index in [2.05, 4.69) is 17.6 Å². The van der Waals surface area contributed by atoms with Crippen LogP contribution in [0.2, 0.25) is 0 Å². The van der Waals surface area contributed by atoms with Gasteiger partial charge >= 0.3 is 0 Å². The highest BCUT2D eigenvalue weighted by Gasteiger charge is 2.29. The first-order valence-electron chi connectivity index (χ1n) is 9.36. The van der Waals surface area contributed by atoms with Crippen LogP contribution >= 0.6 is 0 Å². The quantitative estimate of drug-likeness (QED) is 0.705. The Hall–Kier alpha value is -2.04. The molecule has 2 amide bonds. The van der Waals surface area contributed by atoms with Gasteiger partial charge in [-0.1, -0.05) is 19.8 Å². The first-order chi connectivity index (χ1) is 12.1. The summed E-state index contributed by atoms with van der Waals surface area (Å²) < 4.78 is 5.12. The maximum Gasteiger partial charge on any atom is 0.227 e. The minimum absolute atomic E-state index is 0.00811. The summed E-state index contributed by atoms with van der Waals surface area (Å²) in [6.45, 7) is 2.92. The molecule has 5 heteroatoms. The molecule has 0 aliphatic heterocycles. The van der Waals surface area contributed by atoms with Gasteiger partial charge in [0.15, 0.2) is 0 Å². The zero-order valence-corrected chi connectivity index (χ0v) is 15.3. The van der Waals surface area contributed by atoms with Crippen LogP contribution in [0.15, 0.2) is 24.3 Å². The van der Waals surface area contributed by atoms with E-state index in [0.717, 1.165) is 62.9 Å². The second kappa shape index (κ2) is 10.1. The van der Waals surface area contributed by atoms with Gasteiger partial charge in [0.2, 0.25) is 11.8 Å². The smallest absolute Gasteiger partial charge is 0.227 e. The molecule has 2 rings (SSSR count). The average Bonchev–Trinajstić information content (AvgIpc) is 2.66. The zero-order valence-electron chi connectivity index (χ0n) is 15.3. The highest BCUT2D eigenvalue weighted by Crippen LogP contribution is 2.30. The van der Waals surface area contributed by atoms with E-state index in [0.29, 0.717) is 0 Å². The second-order valence-electron chi connectivity index (χ2n) is 6.76. The topological polar surface area (TPSA) is 67.4 Å². The van der Waals surface area contributed by atoms with Crippen LogP contribution in [-0.2, 0) is 9.59 Å². The Labute approximate surface area is 150 Å². The number of ether oxygens (including phenoxy) is 1. The van der Waals surface area contributed by atoms with Crippen molar-refractivity contribution >= 4 is 17.5 Å². The van der Waals surface area contributed by atoms with Gasteiger partial charge in [-0.15, -0.1) is 0 Å². The number of nitrogens with one attached hydrogen (secondary N) is 2. The summed E-state index contributed by atoms with van der Waals surface area (Å²) in [4.78, 5) is 24.6. The van der Waals surface area contributed by atoms with Crippen LogP contribution in [0, 0.1) is 11.8 Å². The Morgan fingerprint density at radius 3 is 2.16 bits per heavy atom. The predicted molar refractivity (Wildman–Crippen MR) is 99.6 cm³/mol. The first-order valence-corrected chi connectivity index (χ1v) is 9.36. The second-order valence-corrected chi connectivity index (χ2v) is 6.76. The van der Waals surface area contributed by atoms with Crippen molar-refractivity contribution in [2.45, 2.75) is 51.9 Å². The molecule has 25 heavy (non-hydrogen) atoms. The number of hydrogen-bond acceptors (Lipinski definition) is 3. The van der Waals surface area contributed by atoms with Crippen molar-refractivity contribution in [2.24, 2.45) is 11.8 Å². The van der Waals surface area contributed by atoms with Crippen LogP contribution in [0.4, 0.5) is 5.69 Å². The van der Waals surface area contributed by atoms with Gasteiger partial charge in [-0.3, -0.25) is 9.59 Å². The van der Waals surface area contributed by atoms with Crippen LogP contribution in [0.25, 0.3) is 0 Å². The number of carbonyl (C=O) groups is 2.